The summed E-state index contributed by atoms with van der Waals surface area (Å²) in [7, 11) is 0. The van der Waals surface area contributed by atoms with Gasteiger partial charge in [-0.2, -0.15) is 0 Å². The molecule has 2 aromatic carbocycles. The zero-order chi connectivity index (χ0) is 15.9. The van der Waals surface area contributed by atoms with Crippen molar-refractivity contribution in [3.05, 3.63) is 71.3 Å². The zero-order valence-corrected chi connectivity index (χ0v) is 13.0. The molecule has 3 heteroatoms. The highest BCUT2D eigenvalue weighted by Crippen LogP contribution is 2.12. The molecule has 0 heterocycles. The molecule has 0 aliphatic heterocycles. The number of carbonyl (C=O) groups excluding carboxylic acids is 1. The van der Waals surface area contributed by atoms with Crippen molar-refractivity contribution in [3.8, 4) is 0 Å². The molecule has 2 rings (SSSR count). The second-order valence-corrected chi connectivity index (χ2v) is 5.72. The first-order valence-corrected chi connectivity index (χ1v) is 7.52. The van der Waals surface area contributed by atoms with E-state index in [2.05, 4.69) is 0 Å². The van der Waals surface area contributed by atoms with Crippen molar-refractivity contribution in [3.63, 3.8) is 0 Å². The Bertz CT molecular complexity index is 588. The van der Waals surface area contributed by atoms with Gasteiger partial charge < -0.3 is 9.84 Å². The van der Waals surface area contributed by atoms with Gasteiger partial charge in [0.15, 0.2) is 5.78 Å². The Morgan fingerprint density at radius 3 is 2.18 bits per heavy atom. The van der Waals surface area contributed by atoms with Crippen LogP contribution in [0.3, 0.4) is 0 Å². The van der Waals surface area contributed by atoms with E-state index in [4.69, 9.17) is 4.74 Å². The van der Waals surface area contributed by atoms with E-state index in [-0.39, 0.29) is 11.7 Å². The van der Waals surface area contributed by atoms with E-state index >= 15 is 0 Å². The predicted molar refractivity (Wildman–Crippen MR) is 86.8 cm³/mol. The maximum atomic E-state index is 12.3. The fourth-order valence-electron chi connectivity index (χ4n) is 2.00. The lowest BCUT2D eigenvalue weighted by Gasteiger charge is -2.14. The molecule has 0 aliphatic carbocycles. The fraction of sp³-hybridized carbons (Fsp3) is 0.316. The second-order valence-electron chi connectivity index (χ2n) is 5.72. The third-order valence-electron chi connectivity index (χ3n) is 3.58. The van der Waals surface area contributed by atoms with Crippen molar-refractivity contribution in [2.24, 2.45) is 5.92 Å². The Labute approximate surface area is 131 Å². The van der Waals surface area contributed by atoms with E-state index < -0.39 is 6.10 Å². The first-order chi connectivity index (χ1) is 10.6. The van der Waals surface area contributed by atoms with Crippen molar-refractivity contribution < 1.29 is 14.6 Å². The summed E-state index contributed by atoms with van der Waals surface area (Å²) in [6, 6.07) is 16.6. The van der Waals surface area contributed by atoms with E-state index in [9.17, 15) is 9.90 Å². The number of benzene rings is 2. The highest BCUT2D eigenvalue weighted by Gasteiger charge is 2.10. The SMILES string of the molecule is CC(C)C(O)COCc1ccc(C(=O)c2ccccc2)cc1. The smallest absolute Gasteiger partial charge is 0.193 e. The van der Waals surface area contributed by atoms with E-state index in [1.54, 1.807) is 0 Å². The number of aliphatic hydroxyl groups is 1. The standard InChI is InChI=1S/C19H22O3/c1-14(2)18(20)13-22-12-15-8-10-17(11-9-15)19(21)16-6-4-3-5-7-16/h3-11,14,18,20H,12-13H2,1-2H3. The van der Waals surface area contributed by atoms with Crippen molar-refractivity contribution in [2.75, 3.05) is 6.61 Å². The van der Waals surface area contributed by atoms with Crippen molar-refractivity contribution in [1.82, 2.24) is 0 Å². The molecule has 22 heavy (non-hydrogen) atoms. The summed E-state index contributed by atoms with van der Waals surface area (Å²) in [4.78, 5) is 12.3. The maximum Gasteiger partial charge on any atom is 0.193 e. The Balaban J connectivity index is 1.92. The van der Waals surface area contributed by atoms with Gasteiger partial charge in [0.2, 0.25) is 0 Å². The van der Waals surface area contributed by atoms with E-state index in [0.717, 1.165) is 5.56 Å². The molecule has 2 aromatic rings. The Morgan fingerprint density at radius 2 is 1.59 bits per heavy atom. The summed E-state index contributed by atoms with van der Waals surface area (Å²) >= 11 is 0. The van der Waals surface area contributed by atoms with Crippen LogP contribution in [-0.4, -0.2) is 23.6 Å². The van der Waals surface area contributed by atoms with Gasteiger partial charge in [-0.25, -0.2) is 0 Å². The lowest BCUT2D eigenvalue weighted by atomic mass is 10.0. The maximum absolute atomic E-state index is 12.3. The third-order valence-corrected chi connectivity index (χ3v) is 3.58. The van der Waals surface area contributed by atoms with E-state index in [1.807, 2.05) is 68.4 Å². The van der Waals surface area contributed by atoms with Crippen molar-refractivity contribution in [1.29, 1.82) is 0 Å². The molecule has 0 fully saturated rings. The van der Waals surface area contributed by atoms with Crippen LogP contribution in [0.4, 0.5) is 0 Å². The lowest BCUT2D eigenvalue weighted by molar-refractivity contribution is 0.00608. The summed E-state index contributed by atoms with van der Waals surface area (Å²) in [6.07, 6.45) is -0.445. The number of ether oxygens (including phenoxy) is 1. The first kappa shape index (κ1) is 16.4. The molecule has 3 nitrogen and oxygen atoms in total. The van der Waals surface area contributed by atoms with Gasteiger partial charge >= 0.3 is 0 Å². The van der Waals surface area contributed by atoms with Crippen molar-refractivity contribution in [2.45, 2.75) is 26.6 Å². The van der Waals surface area contributed by atoms with Gasteiger partial charge in [0.05, 0.1) is 19.3 Å². The number of aliphatic hydroxyl groups excluding tert-OH is 1. The highest BCUT2D eigenvalue weighted by molar-refractivity contribution is 6.08. The monoisotopic (exact) mass is 298 g/mol. The topological polar surface area (TPSA) is 46.5 Å². The van der Waals surface area contributed by atoms with Crippen LogP contribution in [0.1, 0.15) is 35.3 Å². The minimum atomic E-state index is -0.445. The molecule has 0 bridgehead atoms. The van der Waals surface area contributed by atoms with E-state index in [0.29, 0.717) is 24.3 Å². The Kier molecular flexibility index (Phi) is 5.87. The number of hydrogen-bond donors (Lipinski definition) is 1. The lowest BCUT2D eigenvalue weighted by Crippen LogP contribution is -2.21. The predicted octanol–water partition coefficient (Wildman–Crippen LogP) is 3.45. The minimum Gasteiger partial charge on any atom is -0.390 e. The second kappa shape index (κ2) is 7.87. The van der Waals surface area contributed by atoms with Crippen molar-refractivity contribution >= 4 is 5.78 Å². The summed E-state index contributed by atoms with van der Waals surface area (Å²) in [6.45, 7) is 4.67. The summed E-state index contributed by atoms with van der Waals surface area (Å²) in [5, 5.41) is 9.68. The minimum absolute atomic E-state index is 0.0169. The summed E-state index contributed by atoms with van der Waals surface area (Å²) in [5.74, 6) is 0.203. The van der Waals surface area contributed by atoms with Crippen LogP contribution >= 0.6 is 0 Å². The van der Waals surface area contributed by atoms with E-state index in [1.165, 1.54) is 0 Å². The summed E-state index contributed by atoms with van der Waals surface area (Å²) in [5.41, 5.74) is 2.34. The molecule has 1 N–H and O–H groups in total. The molecule has 0 saturated carbocycles. The van der Waals surface area contributed by atoms with Gasteiger partial charge in [0.1, 0.15) is 0 Å². The Morgan fingerprint density at radius 1 is 1.00 bits per heavy atom. The molecule has 0 saturated heterocycles. The molecule has 116 valence electrons. The average Bonchev–Trinajstić information content (AvgIpc) is 2.55. The third kappa shape index (κ3) is 4.52. The largest absolute Gasteiger partial charge is 0.390 e. The van der Waals surface area contributed by atoms with Gasteiger partial charge in [0, 0.05) is 11.1 Å². The molecule has 0 spiro atoms. The average molecular weight is 298 g/mol. The molecule has 0 amide bonds. The van der Waals surface area contributed by atoms with Gasteiger partial charge in [-0.3, -0.25) is 4.79 Å². The van der Waals surface area contributed by atoms with Gasteiger partial charge in [-0.15, -0.1) is 0 Å². The highest BCUT2D eigenvalue weighted by atomic mass is 16.5. The quantitative estimate of drug-likeness (QED) is 0.796. The van der Waals surface area contributed by atoms with Gasteiger partial charge in [0.25, 0.3) is 0 Å². The number of ketones is 1. The zero-order valence-electron chi connectivity index (χ0n) is 13.0. The first-order valence-electron chi connectivity index (χ1n) is 7.52. The molecule has 1 unspecified atom stereocenters. The number of hydrogen-bond acceptors (Lipinski definition) is 3. The van der Waals surface area contributed by atoms with Crippen LogP contribution < -0.4 is 0 Å². The van der Waals surface area contributed by atoms with Crippen LogP contribution in [0, 0.1) is 5.92 Å². The van der Waals surface area contributed by atoms with Crippen LogP contribution in [0.15, 0.2) is 54.6 Å². The number of rotatable bonds is 7. The van der Waals surface area contributed by atoms with Crippen LogP contribution in [0.25, 0.3) is 0 Å². The Hall–Kier alpha value is -1.97. The molecular weight excluding hydrogens is 276 g/mol. The van der Waals surface area contributed by atoms with Crippen LogP contribution in [0.5, 0.6) is 0 Å². The molecule has 0 aromatic heterocycles. The van der Waals surface area contributed by atoms with Crippen LogP contribution in [-0.2, 0) is 11.3 Å². The fourth-order valence-corrected chi connectivity index (χ4v) is 2.00. The molecular formula is C19H22O3. The van der Waals surface area contributed by atoms with Crippen LogP contribution in [0.2, 0.25) is 0 Å². The molecule has 0 radical (unpaired) electrons. The normalized spacial score (nSPS) is 12.4. The molecule has 1 atom stereocenters. The number of carbonyl (C=O) groups is 1. The van der Waals surface area contributed by atoms with Gasteiger partial charge in [-0.1, -0.05) is 68.4 Å². The summed E-state index contributed by atoms with van der Waals surface area (Å²) < 4.78 is 5.49. The van der Waals surface area contributed by atoms with Gasteiger partial charge in [-0.05, 0) is 11.5 Å². The molecule has 0 aliphatic rings.